The van der Waals surface area contributed by atoms with Gasteiger partial charge >= 0.3 is 0 Å². The maximum absolute atomic E-state index is 10.0. The Bertz CT molecular complexity index is 297. The van der Waals surface area contributed by atoms with Gasteiger partial charge in [-0.05, 0) is 24.6 Å². The van der Waals surface area contributed by atoms with E-state index in [0.29, 0.717) is 11.1 Å². The molecule has 3 heteroatoms. The minimum Gasteiger partial charge on any atom is -0.387 e. The molecule has 1 rings (SSSR count). The van der Waals surface area contributed by atoms with Crippen LogP contribution in [0.15, 0.2) is 24.3 Å². The van der Waals surface area contributed by atoms with E-state index in [4.69, 9.17) is 11.6 Å². The van der Waals surface area contributed by atoms with Gasteiger partial charge in [0, 0.05) is 17.1 Å². The van der Waals surface area contributed by atoms with Gasteiger partial charge in [-0.25, -0.2) is 0 Å². The number of nitrogens with one attached hydrogen (secondary N) is 1. The van der Waals surface area contributed by atoms with Crippen LogP contribution in [0.25, 0.3) is 0 Å². The average molecular weight is 228 g/mol. The van der Waals surface area contributed by atoms with Gasteiger partial charge in [-0.1, -0.05) is 37.6 Å². The Kier molecular flexibility index (Phi) is 4.58. The molecule has 0 radical (unpaired) electrons. The van der Waals surface area contributed by atoms with Gasteiger partial charge in [0.15, 0.2) is 0 Å². The van der Waals surface area contributed by atoms with Gasteiger partial charge in [0.1, 0.15) is 0 Å². The molecule has 2 unspecified atom stereocenters. The Balaban J connectivity index is 2.67. The highest BCUT2D eigenvalue weighted by Gasteiger charge is 2.16. The number of rotatable bonds is 4. The van der Waals surface area contributed by atoms with Crippen LogP contribution < -0.4 is 5.32 Å². The summed E-state index contributed by atoms with van der Waals surface area (Å²) in [6.45, 7) is 6.09. The van der Waals surface area contributed by atoms with Crippen LogP contribution in [-0.4, -0.2) is 17.2 Å². The summed E-state index contributed by atoms with van der Waals surface area (Å²) in [7, 11) is 0. The molecule has 0 spiro atoms. The molecule has 2 atom stereocenters. The summed E-state index contributed by atoms with van der Waals surface area (Å²) in [6, 6.07) is 7.69. The highest BCUT2D eigenvalue weighted by molar-refractivity contribution is 6.30. The summed E-state index contributed by atoms with van der Waals surface area (Å²) in [4.78, 5) is 0. The summed E-state index contributed by atoms with van der Waals surface area (Å²) in [5.41, 5.74) is 0.889. The van der Waals surface area contributed by atoms with E-state index in [-0.39, 0.29) is 6.04 Å². The summed E-state index contributed by atoms with van der Waals surface area (Å²) in [5, 5.41) is 14.0. The highest BCUT2D eigenvalue weighted by Crippen LogP contribution is 2.19. The predicted octanol–water partition coefficient (Wildman–Crippen LogP) is 2.76. The fraction of sp³-hybridized carbons (Fsp3) is 0.500. The number of halogens is 1. The molecular weight excluding hydrogens is 210 g/mol. The summed E-state index contributed by atoms with van der Waals surface area (Å²) in [5.74, 6) is 0. The van der Waals surface area contributed by atoms with E-state index in [9.17, 15) is 5.11 Å². The number of benzene rings is 1. The first-order chi connectivity index (χ1) is 7.00. The lowest BCUT2D eigenvalue weighted by molar-refractivity contribution is 0.132. The largest absolute Gasteiger partial charge is 0.387 e. The molecule has 0 fully saturated rings. The molecule has 2 N–H and O–H groups in total. The molecule has 0 heterocycles. The minimum atomic E-state index is -0.496. The number of hydrogen-bond donors (Lipinski definition) is 2. The molecule has 1 aromatic rings. The molecule has 84 valence electrons. The van der Waals surface area contributed by atoms with Crippen LogP contribution in [0.1, 0.15) is 32.4 Å². The lowest BCUT2D eigenvalue weighted by Crippen LogP contribution is -2.36. The van der Waals surface area contributed by atoms with Crippen molar-refractivity contribution in [3.8, 4) is 0 Å². The maximum Gasteiger partial charge on any atom is 0.0940 e. The molecule has 2 nitrogen and oxygen atoms in total. The summed E-state index contributed by atoms with van der Waals surface area (Å²) < 4.78 is 0. The second-order valence-corrected chi connectivity index (χ2v) is 4.54. The van der Waals surface area contributed by atoms with Crippen LogP contribution in [0.2, 0.25) is 5.02 Å². The minimum absolute atomic E-state index is 0.0335. The number of aliphatic hydroxyl groups is 1. The van der Waals surface area contributed by atoms with Crippen molar-refractivity contribution in [2.75, 3.05) is 0 Å². The molecule has 0 aliphatic carbocycles. The summed E-state index contributed by atoms with van der Waals surface area (Å²) >= 11 is 5.78. The molecular formula is C12H18ClNO. The monoisotopic (exact) mass is 227 g/mol. The van der Waals surface area contributed by atoms with E-state index >= 15 is 0 Å². The fourth-order valence-electron chi connectivity index (χ4n) is 1.57. The van der Waals surface area contributed by atoms with Gasteiger partial charge < -0.3 is 10.4 Å². The second-order valence-electron chi connectivity index (χ2n) is 4.11. The predicted molar refractivity (Wildman–Crippen MR) is 64.1 cm³/mol. The molecule has 0 amide bonds. The van der Waals surface area contributed by atoms with Crippen molar-refractivity contribution in [3.63, 3.8) is 0 Å². The van der Waals surface area contributed by atoms with Crippen LogP contribution in [0.3, 0.4) is 0 Å². The van der Waals surface area contributed by atoms with Gasteiger partial charge in [-0.2, -0.15) is 0 Å². The van der Waals surface area contributed by atoms with Gasteiger partial charge in [0.2, 0.25) is 0 Å². The van der Waals surface area contributed by atoms with E-state index in [1.54, 1.807) is 12.1 Å². The normalized spacial score (nSPS) is 15.3. The quantitative estimate of drug-likeness (QED) is 0.829. The first kappa shape index (κ1) is 12.5. The van der Waals surface area contributed by atoms with Crippen molar-refractivity contribution in [2.24, 2.45) is 0 Å². The van der Waals surface area contributed by atoms with Crippen LogP contribution in [0.5, 0.6) is 0 Å². The lowest BCUT2D eigenvalue weighted by atomic mass is 10.0. The second kappa shape index (κ2) is 5.50. The van der Waals surface area contributed by atoms with Gasteiger partial charge in [0.25, 0.3) is 0 Å². The third-order valence-corrected chi connectivity index (χ3v) is 2.53. The highest BCUT2D eigenvalue weighted by atomic mass is 35.5. The zero-order chi connectivity index (χ0) is 11.4. The molecule has 0 aromatic heterocycles. The molecule has 1 aromatic carbocycles. The van der Waals surface area contributed by atoms with E-state index in [1.165, 1.54) is 0 Å². The zero-order valence-corrected chi connectivity index (χ0v) is 10.1. The molecule has 0 saturated heterocycles. The third kappa shape index (κ3) is 3.82. The fourth-order valence-corrected chi connectivity index (χ4v) is 1.69. The molecule has 0 bridgehead atoms. The third-order valence-electron chi connectivity index (χ3n) is 2.28. The van der Waals surface area contributed by atoms with Crippen molar-refractivity contribution in [3.05, 3.63) is 34.9 Å². The molecule has 0 aliphatic heterocycles. The van der Waals surface area contributed by atoms with Crippen molar-refractivity contribution in [1.82, 2.24) is 5.32 Å². The van der Waals surface area contributed by atoms with Crippen molar-refractivity contribution >= 4 is 11.6 Å². The molecule has 0 saturated carbocycles. The standard InChI is InChI=1S/C12H18ClNO/c1-8(2)14-9(3)12(15)10-4-6-11(13)7-5-10/h4-9,12,14-15H,1-3H3. The van der Waals surface area contributed by atoms with Crippen LogP contribution in [-0.2, 0) is 0 Å². The first-order valence-corrected chi connectivity index (χ1v) is 5.58. The van der Waals surface area contributed by atoms with Crippen LogP contribution in [0.4, 0.5) is 0 Å². The van der Waals surface area contributed by atoms with E-state index in [1.807, 2.05) is 19.1 Å². The lowest BCUT2D eigenvalue weighted by Gasteiger charge is -2.22. The summed E-state index contributed by atoms with van der Waals surface area (Å²) in [6.07, 6.45) is -0.496. The van der Waals surface area contributed by atoms with Gasteiger partial charge in [-0.15, -0.1) is 0 Å². The van der Waals surface area contributed by atoms with Crippen LogP contribution in [0, 0.1) is 0 Å². The number of hydrogen-bond acceptors (Lipinski definition) is 2. The Labute approximate surface area is 96.3 Å². The smallest absolute Gasteiger partial charge is 0.0940 e. The Morgan fingerprint density at radius 1 is 1.13 bits per heavy atom. The first-order valence-electron chi connectivity index (χ1n) is 5.20. The SMILES string of the molecule is CC(C)NC(C)C(O)c1ccc(Cl)cc1. The molecule has 15 heavy (non-hydrogen) atoms. The number of aliphatic hydroxyl groups excluding tert-OH is 1. The van der Waals surface area contributed by atoms with Gasteiger partial charge in [-0.3, -0.25) is 0 Å². The zero-order valence-electron chi connectivity index (χ0n) is 9.37. The van der Waals surface area contributed by atoms with Crippen molar-refractivity contribution in [1.29, 1.82) is 0 Å². The van der Waals surface area contributed by atoms with Gasteiger partial charge in [0.05, 0.1) is 6.10 Å². The maximum atomic E-state index is 10.0. The topological polar surface area (TPSA) is 32.3 Å². The average Bonchev–Trinajstić information content (AvgIpc) is 2.17. The van der Waals surface area contributed by atoms with E-state index in [2.05, 4.69) is 19.2 Å². The Morgan fingerprint density at radius 2 is 1.67 bits per heavy atom. The molecule has 0 aliphatic rings. The Hall–Kier alpha value is -0.570. The van der Waals surface area contributed by atoms with Crippen molar-refractivity contribution < 1.29 is 5.11 Å². The van der Waals surface area contributed by atoms with Crippen molar-refractivity contribution in [2.45, 2.75) is 39.0 Å². The van der Waals surface area contributed by atoms with E-state index in [0.717, 1.165) is 5.56 Å². The van der Waals surface area contributed by atoms with E-state index < -0.39 is 6.10 Å². The Morgan fingerprint density at radius 3 is 2.13 bits per heavy atom. The van der Waals surface area contributed by atoms with Crippen LogP contribution >= 0.6 is 11.6 Å².